The van der Waals surface area contributed by atoms with Crippen molar-refractivity contribution in [3.8, 4) is 0 Å². The summed E-state index contributed by atoms with van der Waals surface area (Å²) in [7, 11) is 0. The SMILES string of the molecule is O=C(Cn1ncc2cccn2c1=O)Nc1cccc(F)c1. The molecule has 0 aliphatic heterocycles. The summed E-state index contributed by atoms with van der Waals surface area (Å²) in [6.07, 6.45) is 3.09. The molecule has 0 fully saturated rings. The maximum Gasteiger partial charge on any atom is 0.349 e. The van der Waals surface area contributed by atoms with Gasteiger partial charge in [0.05, 0.1) is 11.7 Å². The number of rotatable bonds is 3. The van der Waals surface area contributed by atoms with Gasteiger partial charge in [-0.3, -0.25) is 9.20 Å². The normalized spacial score (nSPS) is 10.7. The minimum Gasteiger partial charge on any atom is -0.324 e. The fourth-order valence-electron chi connectivity index (χ4n) is 1.99. The third-order valence-corrected chi connectivity index (χ3v) is 2.94. The molecule has 1 N–H and O–H groups in total. The fraction of sp³-hybridized carbons (Fsp3) is 0.0714. The molecule has 0 aliphatic rings. The van der Waals surface area contributed by atoms with Gasteiger partial charge in [-0.05, 0) is 30.3 Å². The molecule has 2 aromatic heterocycles. The van der Waals surface area contributed by atoms with Crippen LogP contribution in [0, 0.1) is 5.82 Å². The maximum atomic E-state index is 13.0. The van der Waals surface area contributed by atoms with Crippen LogP contribution in [0.5, 0.6) is 0 Å². The van der Waals surface area contributed by atoms with Crippen LogP contribution in [0.4, 0.5) is 10.1 Å². The number of hydrogen-bond acceptors (Lipinski definition) is 3. The van der Waals surface area contributed by atoms with E-state index in [4.69, 9.17) is 0 Å². The van der Waals surface area contributed by atoms with E-state index in [9.17, 15) is 14.0 Å². The van der Waals surface area contributed by atoms with Crippen LogP contribution in [0.15, 0.2) is 53.6 Å². The van der Waals surface area contributed by atoms with Crippen LogP contribution in [0.2, 0.25) is 0 Å². The number of carbonyl (C=O) groups is 1. The summed E-state index contributed by atoms with van der Waals surface area (Å²) >= 11 is 0. The van der Waals surface area contributed by atoms with Gasteiger partial charge in [0, 0.05) is 11.9 Å². The smallest absolute Gasteiger partial charge is 0.324 e. The van der Waals surface area contributed by atoms with Crippen molar-refractivity contribution in [2.75, 3.05) is 5.32 Å². The van der Waals surface area contributed by atoms with E-state index < -0.39 is 17.4 Å². The van der Waals surface area contributed by atoms with E-state index in [1.807, 2.05) is 0 Å². The Hall–Kier alpha value is -2.96. The van der Waals surface area contributed by atoms with Gasteiger partial charge >= 0.3 is 5.69 Å². The number of amides is 1. The molecule has 0 saturated heterocycles. The highest BCUT2D eigenvalue weighted by molar-refractivity contribution is 5.90. The Kier molecular flexibility index (Phi) is 3.23. The predicted octanol–water partition coefficient (Wildman–Crippen LogP) is 1.27. The van der Waals surface area contributed by atoms with E-state index in [-0.39, 0.29) is 6.54 Å². The number of nitrogens with zero attached hydrogens (tertiary/aromatic N) is 3. The molecule has 1 amide bonds. The Morgan fingerprint density at radius 2 is 2.14 bits per heavy atom. The second kappa shape index (κ2) is 5.20. The number of aromatic nitrogens is 3. The van der Waals surface area contributed by atoms with Crippen molar-refractivity contribution in [2.24, 2.45) is 0 Å². The first kappa shape index (κ1) is 13.0. The average molecular weight is 286 g/mol. The van der Waals surface area contributed by atoms with Gasteiger partial charge in [0.2, 0.25) is 5.91 Å². The number of carbonyl (C=O) groups excluding carboxylic acids is 1. The molecule has 0 saturated carbocycles. The quantitative estimate of drug-likeness (QED) is 0.788. The number of nitrogens with one attached hydrogen (secondary N) is 1. The lowest BCUT2D eigenvalue weighted by molar-refractivity contribution is -0.117. The molecule has 106 valence electrons. The number of anilines is 1. The lowest BCUT2D eigenvalue weighted by Gasteiger charge is -2.07. The summed E-state index contributed by atoms with van der Waals surface area (Å²) in [5.74, 6) is -0.904. The molecule has 0 unspecified atom stereocenters. The molecule has 2 heterocycles. The van der Waals surface area contributed by atoms with Crippen LogP contribution >= 0.6 is 0 Å². The van der Waals surface area contributed by atoms with Crippen molar-refractivity contribution in [1.29, 1.82) is 0 Å². The molecular formula is C14H11FN4O2. The van der Waals surface area contributed by atoms with Gasteiger partial charge in [0.25, 0.3) is 0 Å². The van der Waals surface area contributed by atoms with E-state index in [0.29, 0.717) is 11.2 Å². The molecule has 0 atom stereocenters. The molecule has 6 nitrogen and oxygen atoms in total. The molecule has 21 heavy (non-hydrogen) atoms. The molecule has 3 aromatic rings. The lowest BCUT2D eigenvalue weighted by atomic mass is 10.3. The van der Waals surface area contributed by atoms with Crippen LogP contribution in [0.25, 0.3) is 5.52 Å². The van der Waals surface area contributed by atoms with E-state index >= 15 is 0 Å². The van der Waals surface area contributed by atoms with Crippen LogP contribution < -0.4 is 11.0 Å². The zero-order valence-corrected chi connectivity index (χ0v) is 10.9. The number of benzene rings is 1. The van der Waals surface area contributed by atoms with Crippen LogP contribution in [0.3, 0.4) is 0 Å². The van der Waals surface area contributed by atoms with Gasteiger partial charge in [0.15, 0.2) is 0 Å². The van der Waals surface area contributed by atoms with Gasteiger partial charge in [-0.2, -0.15) is 5.10 Å². The van der Waals surface area contributed by atoms with Crippen molar-refractivity contribution in [1.82, 2.24) is 14.2 Å². The van der Waals surface area contributed by atoms with Crippen molar-refractivity contribution in [2.45, 2.75) is 6.54 Å². The van der Waals surface area contributed by atoms with Crippen LogP contribution in [0.1, 0.15) is 0 Å². The summed E-state index contributed by atoms with van der Waals surface area (Å²) < 4.78 is 15.5. The third-order valence-electron chi connectivity index (χ3n) is 2.94. The first-order valence-electron chi connectivity index (χ1n) is 6.22. The molecule has 0 aliphatic carbocycles. The van der Waals surface area contributed by atoms with Gasteiger partial charge in [0.1, 0.15) is 12.4 Å². The summed E-state index contributed by atoms with van der Waals surface area (Å²) in [5.41, 5.74) is 0.573. The maximum absolute atomic E-state index is 13.0. The Morgan fingerprint density at radius 3 is 2.95 bits per heavy atom. The molecule has 1 aromatic carbocycles. The van der Waals surface area contributed by atoms with Gasteiger partial charge < -0.3 is 5.32 Å². The Balaban J connectivity index is 1.80. The Morgan fingerprint density at radius 1 is 1.29 bits per heavy atom. The zero-order chi connectivity index (χ0) is 14.8. The highest BCUT2D eigenvalue weighted by Crippen LogP contribution is 2.08. The van der Waals surface area contributed by atoms with E-state index in [2.05, 4.69) is 10.4 Å². The summed E-state index contributed by atoms with van der Waals surface area (Å²) in [5, 5.41) is 6.44. The first-order valence-corrected chi connectivity index (χ1v) is 6.22. The number of hydrogen-bond donors (Lipinski definition) is 1. The highest BCUT2D eigenvalue weighted by Gasteiger charge is 2.08. The second-order valence-electron chi connectivity index (χ2n) is 4.45. The minimum absolute atomic E-state index is 0.247. The van der Waals surface area contributed by atoms with Gasteiger partial charge in [-0.15, -0.1) is 0 Å². The van der Waals surface area contributed by atoms with E-state index in [1.54, 1.807) is 24.4 Å². The van der Waals surface area contributed by atoms with Crippen molar-refractivity contribution in [3.05, 3.63) is 65.1 Å². The first-order chi connectivity index (χ1) is 10.1. The van der Waals surface area contributed by atoms with Crippen molar-refractivity contribution >= 4 is 17.1 Å². The third kappa shape index (κ3) is 2.66. The highest BCUT2D eigenvalue weighted by atomic mass is 19.1. The van der Waals surface area contributed by atoms with Crippen molar-refractivity contribution in [3.63, 3.8) is 0 Å². The van der Waals surface area contributed by atoms with Gasteiger partial charge in [-0.1, -0.05) is 6.07 Å². The number of fused-ring (bicyclic) bond motifs is 1. The average Bonchev–Trinajstić information content (AvgIpc) is 2.91. The minimum atomic E-state index is -0.457. The molecule has 7 heteroatoms. The molecule has 0 bridgehead atoms. The second-order valence-corrected chi connectivity index (χ2v) is 4.45. The standard InChI is InChI=1S/C14H11FN4O2/c15-10-3-1-4-11(7-10)17-13(20)9-19-14(21)18-6-2-5-12(18)8-16-19/h1-8H,9H2,(H,17,20). The largest absolute Gasteiger partial charge is 0.349 e. The molecule has 3 rings (SSSR count). The van der Waals surface area contributed by atoms with E-state index in [1.165, 1.54) is 28.8 Å². The zero-order valence-electron chi connectivity index (χ0n) is 10.9. The monoisotopic (exact) mass is 286 g/mol. The number of halogens is 1. The summed E-state index contributed by atoms with van der Waals surface area (Å²) in [6.45, 7) is -0.247. The van der Waals surface area contributed by atoms with E-state index in [0.717, 1.165) is 4.68 Å². The van der Waals surface area contributed by atoms with Crippen LogP contribution in [-0.2, 0) is 11.3 Å². The van der Waals surface area contributed by atoms with Crippen LogP contribution in [-0.4, -0.2) is 20.1 Å². The lowest BCUT2D eigenvalue weighted by Crippen LogP contribution is -2.32. The Labute approximate surface area is 118 Å². The fourth-order valence-corrected chi connectivity index (χ4v) is 1.99. The van der Waals surface area contributed by atoms with Gasteiger partial charge in [-0.25, -0.2) is 13.9 Å². The summed E-state index contributed by atoms with van der Waals surface area (Å²) in [4.78, 5) is 23.9. The summed E-state index contributed by atoms with van der Waals surface area (Å²) in [6, 6.07) is 8.99. The Bertz CT molecular complexity index is 869. The topological polar surface area (TPSA) is 68.4 Å². The van der Waals surface area contributed by atoms with Crippen molar-refractivity contribution < 1.29 is 9.18 Å². The molecule has 0 spiro atoms. The predicted molar refractivity (Wildman–Crippen MR) is 74.5 cm³/mol. The molecular weight excluding hydrogens is 275 g/mol. The molecule has 0 radical (unpaired) electrons.